The highest BCUT2D eigenvalue weighted by Gasteiger charge is 2.09. The molecule has 0 radical (unpaired) electrons. The summed E-state index contributed by atoms with van der Waals surface area (Å²) in [4.78, 5) is 0.629. The average Bonchev–Trinajstić information content (AvgIpc) is 2.32. The van der Waals surface area contributed by atoms with Crippen LogP contribution < -0.4 is 5.73 Å². The van der Waals surface area contributed by atoms with Crippen LogP contribution in [-0.4, -0.2) is 4.21 Å². The summed E-state index contributed by atoms with van der Waals surface area (Å²) in [6.45, 7) is 0. The molecule has 0 amide bonds. The zero-order valence-electron chi connectivity index (χ0n) is 9.40. The van der Waals surface area contributed by atoms with E-state index < -0.39 is 10.8 Å². The van der Waals surface area contributed by atoms with Crippen LogP contribution in [-0.2, 0) is 16.6 Å². The third-order valence-electron chi connectivity index (χ3n) is 2.41. The van der Waals surface area contributed by atoms with Crippen LogP contribution in [0.25, 0.3) is 0 Å². The molecular formula is C13H11ClINOS. The van der Waals surface area contributed by atoms with E-state index in [1.165, 1.54) is 0 Å². The molecule has 2 N–H and O–H groups in total. The number of anilines is 1. The lowest BCUT2D eigenvalue weighted by Crippen LogP contribution is -1.98. The Morgan fingerprint density at radius 1 is 1.17 bits per heavy atom. The second kappa shape index (κ2) is 6.04. The smallest absolute Gasteiger partial charge is 0.0589 e. The molecule has 18 heavy (non-hydrogen) atoms. The molecule has 0 aromatic heterocycles. The average molecular weight is 392 g/mol. The Labute approximate surface area is 127 Å². The second-order valence-electron chi connectivity index (χ2n) is 3.81. The maximum Gasteiger partial charge on any atom is 0.0589 e. The third kappa shape index (κ3) is 3.46. The lowest BCUT2D eigenvalue weighted by Gasteiger charge is -2.06. The lowest BCUT2D eigenvalue weighted by atomic mass is 10.2. The van der Waals surface area contributed by atoms with Gasteiger partial charge in [-0.15, -0.1) is 0 Å². The van der Waals surface area contributed by atoms with Gasteiger partial charge in [0.15, 0.2) is 0 Å². The van der Waals surface area contributed by atoms with E-state index in [0.29, 0.717) is 21.4 Å². The van der Waals surface area contributed by atoms with E-state index in [1.807, 2.05) is 24.3 Å². The van der Waals surface area contributed by atoms with Crippen molar-refractivity contribution in [3.05, 3.63) is 56.6 Å². The first-order valence-corrected chi connectivity index (χ1v) is 8.01. The molecule has 0 aliphatic heterocycles. The molecule has 2 aromatic carbocycles. The molecule has 1 atom stereocenters. The van der Waals surface area contributed by atoms with E-state index in [9.17, 15) is 4.21 Å². The van der Waals surface area contributed by atoms with Gasteiger partial charge in [-0.05, 0) is 58.5 Å². The lowest BCUT2D eigenvalue weighted by molar-refractivity contribution is 0.682. The fraction of sp³-hybridized carbons (Fsp3) is 0.0769. The van der Waals surface area contributed by atoms with E-state index in [-0.39, 0.29) is 0 Å². The molecule has 0 aliphatic rings. The van der Waals surface area contributed by atoms with Crippen molar-refractivity contribution in [1.82, 2.24) is 0 Å². The predicted molar refractivity (Wildman–Crippen MR) is 85.1 cm³/mol. The maximum absolute atomic E-state index is 12.2. The van der Waals surface area contributed by atoms with Gasteiger partial charge in [-0.25, -0.2) is 0 Å². The summed E-state index contributed by atoms with van der Waals surface area (Å²) < 4.78 is 13.4. The summed E-state index contributed by atoms with van der Waals surface area (Å²) in [5, 5.41) is 0.457. The van der Waals surface area contributed by atoms with Gasteiger partial charge in [0.2, 0.25) is 0 Å². The van der Waals surface area contributed by atoms with E-state index >= 15 is 0 Å². The molecular weight excluding hydrogens is 381 g/mol. The monoisotopic (exact) mass is 391 g/mol. The number of benzene rings is 2. The normalized spacial score (nSPS) is 12.3. The summed E-state index contributed by atoms with van der Waals surface area (Å²) in [7, 11) is -1.15. The van der Waals surface area contributed by atoms with Gasteiger partial charge in [-0.1, -0.05) is 23.7 Å². The highest BCUT2D eigenvalue weighted by atomic mass is 127. The third-order valence-corrected chi connectivity index (χ3v) is 5.00. The molecule has 0 heterocycles. The minimum Gasteiger partial charge on any atom is -0.399 e. The Kier molecular flexibility index (Phi) is 4.64. The summed E-state index contributed by atoms with van der Waals surface area (Å²) in [6.07, 6.45) is 0. The van der Waals surface area contributed by atoms with Crippen LogP contribution in [0.5, 0.6) is 0 Å². The zero-order chi connectivity index (χ0) is 13.1. The second-order valence-corrected chi connectivity index (χ2v) is 6.88. The van der Waals surface area contributed by atoms with Gasteiger partial charge in [0.05, 0.1) is 26.5 Å². The Balaban J connectivity index is 2.19. The topological polar surface area (TPSA) is 43.1 Å². The number of halogens is 2. The van der Waals surface area contributed by atoms with E-state index in [4.69, 9.17) is 17.3 Å². The van der Waals surface area contributed by atoms with Crippen LogP contribution in [0.4, 0.5) is 5.69 Å². The maximum atomic E-state index is 12.2. The van der Waals surface area contributed by atoms with Gasteiger partial charge in [-0.3, -0.25) is 4.21 Å². The molecule has 0 saturated heterocycles. The number of nitrogens with two attached hydrogens (primary N) is 1. The largest absolute Gasteiger partial charge is 0.399 e. The SMILES string of the molecule is Nc1ccc(S(=O)Cc2ccc(I)cc2)c(Cl)c1. The van der Waals surface area contributed by atoms with Crippen molar-refractivity contribution in [3.63, 3.8) is 0 Å². The Bertz CT molecular complexity index is 586. The van der Waals surface area contributed by atoms with Crippen molar-refractivity contribution in [2.75, 3.05) is 5.73 Å². The Morgan fingerprint density at radius 3 is 2.44 bits per heavy atom. The molecule has 0 aliphatic carbocycles. The van der Waals surface area contributed by atoms with Gasteiger partial charge < -0.3 is 5.73 Å². The summed E-state index contributed by atoms with van der Waals surface area (Å²) in [5.41, 5.74) is 7.22. The molecule has 0 saturated carbocycles. The fourth-order valence-corrected chi connectivity index (χ4v) is 3.47. The molecule has 0 spiro atoms. The van der Waals surface area contributed by atoms with Crippen LogP contribution in [0.1, 0.15) is 5.56 Å². The van der Waals surface area contributed by atoms with Crippen LogP contribution in [0.3, 0.4) is 0 Å². The van der Waals surface area contributed by atoms with Crippen LogP contribution >= 0.6 is 34.2 Å². The zero-order valence-corrected chi connectivity index (χ0v) is 13.1. The standard InChI is InChI=1S/C13H11ClINOS/c14-12-7-11(16)5-6-13(12)18(17)8-9-1-3-10(15)4-2-9/h1-7H,8,16H2. The first kappa shape index (κ1) is 13.8. The highest BCUT2D eigenvalue weighted by Crippen LogP contribution is 2.24. The number of hydrogen-bond donors (Lipinski definition) is 1. The number of hydrogen-bond acceptors (Lipinski definition) is 2. The van der Waals surface area contributed by atoms with E-state index in [2.05, 4.69) is 22.6 Å². The van der Waals surface area contributed by atoms with Gasteiger partial charge in [0, 0.05) is 9.26 Å². The van der Waals surface area contributed by atoms with Crippen molar-refractivity contribution in [2.24, 2.45) is 0 Å². The van der Waals surface area contributed by atoms with Crippen LogP contribution in [0.2, 0.25) is 5.02 Å². The predicted octanol–water partition coefficient (Wildman–Crippen LogP) is 3.83. The molecule has 0 fully saturated rings. The molecule has 1 unspecified atom stereocenters. The fourth-order valence-electron chi connectivity index (χ4n) is 1.51. The van der Waals surface area contributed by atoms with Crippen molar-refractivity contribution in [1.29, 1.82) is 0 Å². The molecule has 5 heteroatoms. The molecule has 94 valence electrons. The first-order chi connectivity index (χ1) is 8.56. The van der Waals surface area contributed by atoms with E-state index in [1.54, 1.807) is 18.2 Å². The van der Waals surface area contributed by atoms with Gasteiger partial charge in [0.25, 0.3) is 0 Å². The van der Waals surface area contributed by atoms with Crippen molar-refractivity contribution in [3.8, 4) is 0 Å². The molecule has 2 aromatic rings. The van der Waals surface area contributed by atoms with Gasteiger partial charge >= 0.3 is 0 Å². The first-order valence-electron chi connectivity index (χ1n) is 5.24. The van der Waals surface area contributed by atoms with Crippen LogP contribution in [0, 0.1) is 3.57 Å². The van der Waals surface area contributed by atoms with E-state index in [0.717, 1.165) is 9.13 Å². The summed E-state index contributed by atoms with van der Waals surface area (Å²) in [5.74, 6) is 0.459. The molecule has 0 bridgehead atoms. The van der Waals surface area contributed by atoms with Gasteiger partial charge in [0.1, 0.15) is 0 Å². The summed E-state index contributed by atoms with van der Waals surface area (Å²) in [6, 6.07) is 13.0. The van der Waals surface area contributed by atoms with Crippen LogP contribution in [0.15, 0.2) is 47.4 Å². The number of nitrogen functional groups attached to an aromatic ring is 1. The van der Waals surface area contributed by atoms with Gasteiger partial charge in [-0.2, -0.15) is 0 Å². The Hall–Kier alpha value is -0.590. The van der Waals surface area contributed by atoms with Crippen molar-refractivity contribution in [2.45, 2.75) is 10.6 Å². The minimum atomic E-state index is -1.15. The minimum absolute atomic E-state index is 0.457. The summed E-state index contributed by atoms with van der Waals surface area (Å²) >= 11 is 8.28. The van der Waals surface area contributed by atoms with Crippen molar-refractivity contribution < 1.29 is 4.21 Å². The molecule has 2 rings (SSSR count). The van der Waals surface area contributed by atoms with Crippen molar-refractivity contribution >= 4 is 50.7 Å². The quantitative estimate of drug-likeness (QED) is 0.638. The molecule has 2 nitrogen and oxygen atoms in total. The number of rotatable bonds is 3. The Morgan fingerprint density at radius 2 is 1.83 bits per heavy atom. The highest BCUT2D eigenvalue weighted by molar-refractivity contribution is 14.1.